The van der Waals surface area contributed by atoms with Gasteiger partial charge in [0.2, 0.25) is 0 Å². The third-order valence-electron chi connectivity index (χ3n) is 2.24. The van der Waals surface area contributed by atoms with E-state index < -0.39 is 23.3 Å². The summed E-state index contributed by atoms with van der Waals surface area (Å²) in [5.41, 5.74) is -3.84. The van der Waals surface area contributed by atoms with Crippen molar-refractivity contribution in [3.8, 4) is 0 Å². The molecule has 0 aliphatic heterocycles. The van der Waals surface area contributed by atoms with Crippen LogP contribution in [-0.4, -0.2) is 24.4 Å². The fourth-order valence-corrected chi connectivity index (χ4v) is 1.84. The monoisotopic (exact) mass is 312 g/mol. The molecule has 0 radical (unpaired) electrons. The smallest absolute Gasteiger partial charge is 0.432 e. The first-order valence-corrected chi connectivity index (χ1v) is 5.16. The lowest BCUT2D eigenvalue weighted by molar-refractivity contribution is -0.273. The molecule has 1 N–H and O–H groups in total. The highest BCUT2D eigenvalue weighted by molar-refractivity contribution is 9.10. The van der Waals surface area contributed by atoms with Gasteiger partial charge < -0.3 is 9.84 Å². The molecule has 1 aromatic rings. The second kappa shape index (κ2) is 4.66. The van der Waals surface area contributed by atoms with Gasteiger partial charge in [-0.05, 0) is 12.1 Å². The number of methoxy groups -OCH3 is 1. The Balaban J connectivity index is 3.49. The van der Waals surface area contributed by atoms with Crippen LogP contribution >= 0.6 is 15.9 Å². The summed E-state index contributed by atoms with van der Waals surface area (Å²) in [5.74, 6) is -2.11. The summed E-state index contributed by atoms with van der Waals surface area (Å²) in [6, 6.07) is 4.91. The van der Waals surface area contributed by atoms with Gasteiger partial charge in [-0.1, -0.05) is 28.1 Å². The van der Waals surface area contributed by atoms with Crippen LogP contribution < -0.4 is 0 Å². The third-order valence-corrected chi connectivity index (χ3v) is 2.73. The van der Waals surface area contributed by atoms with Gasteiger partial charge in [-0.2, -0.15) is 13.2 Å². The highest BCUT2D eigenvalue weighted by atomic mass is 79.9. The predicted molar refractivity (Wildman–Crippen MR) is 56.5 cm³/mol. The van der Waals surface area contributed by atoms with Crippen LogP contribution in [0.25, 0.3) is 0 Å². The van der Waals surface area contributed by atoms with Crippen molar-refractivity contribution in [2.75, 3.05) is 7.11 Å². The first-order chi connectivity index (χ1) is 7.75. The molecule has 0 aliphatic rings. The molecule has 0 amide bonds. The minimum atomic E-state index is -5.06. The van der Waals surface area contributed by atoms with E-state index in [0.717, 1.165) is 12.1 Å². The van der Waals surface area contributed by atoms with Crippen LogP contribution in [0.3, 0.4) is 0 Å². The lowest BCUT2D eigenvalue weighted by atomic mass is 9.93. The van der Waals surface area contributed by atoms with Crippen molar-refractivity contribution in [1.29, 1.82) is 0 Å². The summed E-state index contributed by atoms with van der Waals surface area (Å²) < 4.78 is 43.4. The van der Waals surface area contributed by atoms with E-state index in [2.05, 4.69) is 20.7 Å². The quantitative estimate of drug-likeness (QED) is 0.933. The maximum absolute atomic E-state index is 12.9. The Morgan fingerprint density at radius 2 is 2.00 bits per heavy atom. The first kappa shape index (κ1) is 14.0. The maximum atomic E-state index is 12.9. The van der Waals surface area contributed by atoms with E-state index in [1.807, 2.05) is 0 Å². The molecule has 0 aliphatic carbocycles. The number of carboxylic acid groups (broad SMARTS) is 1. The second-order valence-electron chi connectivity index (χ2n) is 3.20. The van der Waals surface area contributed by atoms with Gasteiger partial charge in [0.1, 0.15) is 0 Å². The molecule has 7 heteroatoms. The Kier molecular flexibility index (Phi) is 3.83. The van der Waals surface area contributed by atoms with Gasteiger partial charge in [-0.3, -0.25) is 0 Å². The Bertz CT molecular complexity index is 433. The van der Waals surface area contributed by atoms with Gasteiger partial charge in [-0.25, -0.2) is 4.79 Å². The Hall–Kier alpha value is -1.08. The van der Waals surface area contributed by atoms with Gasteiger partial charge in [0.25, 0.3) is 5.60 Å². The Morgan fingerprint density at radius 3 is 2.35 bits per heavy atom. The van der Waals surface area contributed by atoms with E-state index >= 15 is 0 Å². The molecule has 17 heavy (non-hydrogen) atoms. The SMILES string of the molecule is COC(C(=O)O)(c1cccc(Br)c1)C(F)(F)F. The largest absolute Gasteiger partial charge is 0.479 e. The number of carbonyl (C=O) groups is 1. The molecule has 1 rings (SSSR count). The zero-order valence-corrected chi connectivity index (χ0v) is 10.2. The van der Waals surface area contributed by atoms with Crippen LogP contribution in [0.2, 0.25) is 0 Å². The molecule has 1 atom stereocenters. The molecule has 0 heterocycles. The van der Waals surface area contributed by atoms with Crippen molar-refractivity contribution >= 4 is 21.9 Å². The minimum absolute atomic E-state index is 0.335. The van der Waals surface area contributed by atoms with Crippen molar-refractivity contribution in [2.45, 2.75) is 11.8 Å². The van der Waals surface area contributed by atoms with Crippen LogP contribution in [0.4, 0.5) is 13.2 Å². The van der Waals surface area contributed by atoms with E-state index in [4.69, 9.17) is 5.11 Å². The third kappa shape index (κ3) is 2.30. The number of alkyl halides is 3. The Morgan fingerprint density at radius 1 is 1.41 bits per heavy atom. The number of rotatable bonds is 3. The fourth-order valence-electron chi connectivity index (χ4n) is 1.44. The zero-order chi connectivity index (χ0) is 13.3. The molecular weight excluding hydrogens is 305 g/mol. The summed E-state index contributed by atoms with van der Waals surface area (Å²) in [6.45, 7) is 0. The summed E-state index contributed by atoms with van der Waals surface area (Å²) in [7, 11) is 0.711. The van der Waals surface area contributed by atoms with E-state index in [0.29, 0.717) is 11.6 Å². The van der Waals surface area contributed by atoms with E-state index in [9.17, 15) is 18.0 Å². The number of hydrogen-bond donors (Lipinski definition) is 1. The molecule has 0 saturated carbocycles. The summed E-state index contributed by atoms with van der Waals surface area (Å²) in [6.07, 6.45) is -5.06. The standard InChI is InChI=1S/C10H8BrF3O3/c1-17-9(8(15)16,10(12,13)14)6-3-2-4-7(11)5-6/h2-5H,1H3,(H,15,16). The van der Waals surface area contributed by atoms with Crippen LogP contribution in [0, 0.1) is 0 Å². The van der Waals surface area contributed by atoms with E-state index in [1.54, 1.807) is 0 Å². The molecule has 0 bridgehead atoms. The number of halogens is 4. The van der Waals surface area contributed by atoms with E-state index in [-0.39, 0.29) is 0 Å². The summed E-state index contributed by atoms with van der Waals surface area (Å²) in [4.78, 5) is 11.0. The summed E-state index contributed by atoms with van der Waals surface area (Å²) >= 11 is 2.98. The highest BCUT2D eigenvalue weighted by Crippen LogP contribution is 2.42. The van der Waals surface area contributed by atoms with Crippen molar-refractivity contribution in [3.63, 3.8) is 0 Å². The van der Waals surface area contributed by atoms with Gasteiger partial charge in [0.15, 0.2) is 0 Å². The highest BCUT2D eigenvalue weighted by Gasteiger charge is 2.63. The fraction of sp³-hybridized carbons (Fsp3) is 0.300. The average Bonchev–Trinajstić information content (AvgIpc) is 2.16. The van der Waals surface area contributed by atoms with Gasteiger partial charge in [0.05, 0.1) is 0 Å². The summed E-state index contributed by atoms with van der Waals surface area (Å²) in [5, 5.41) is 8.84. The van der Waals surface area contributed by atoms with Crippen LogP contribution in [0.15, 0.2) is 28.7 Å². The maximum Gasteiger partial charge on any atom is 0.432 e. The van der Waals surface area contributed by atoms with Gasteiger partial charge in [0, 0.05) is 17.1 Å². The Labute approximate surface area is 103 Å². The van der Waals surface area contributed by atoms with Crippen LogP contribution in [0.1, 0.15) is 5.56 Å². The molecule has 1 aromatic carbocycles. The van der Waals surface area contributed by atoms with Crippen molar-refractivity contribution < 1.29 is 27.8 Å². The van der Waals surface area contributed by atoms with E-state index in [1.165, 1.54) is 12.1 Å². The number of benzene rings is 1. The van der Waals surface area contributed by atoms with Gasteiger partial charge in [-0.15, -0.1) is 0 Å². The molecule has 1 unspecified atom stereocenters. The molecular formula is C10H8BrF3O3. The zero-order valence-electron chi connectivity index (χ0n) is 8.58. The molecule has 94 valence electrons. The number of aliphatic carboxylic acids is 1. The topological polar surface area (TPSA) is 46.5 Å². The van der Waals surface area contributed by atoms with Gasteiger partial charge >= 0.3 is 12.1 Å². The number of hydrogen-bond acceptors (Lipinski definition) is 2. The van der Waals surface area contributed by atoms with Crippen LogP contribution in [0.5, 0.6) is 0 Å². The predicted octanol–water partition coefficient (Wildman–Crippen LogP) is 2.94. The average molecular weight is 313 g/mol. The molecule has 0 fully saturated rings. The van der Waals surface area contributed by atoms with Crippen molar-refractivity contribution in [1.82, 2.24) is 0 Å². The minimum Gasteiger partial charge on any atom is -0.479 e. The molecule has 0 spiro atoms. The molecule has 0 saturated heterocycles. The molecule has 3 nitrogen and oxygen atoms in total. The van der Waals surface area contributed by atoms with Crippen molar-refractivity contribution in [2.24, 2.45) is 0 Å². The van der Waals surface area contributed by atoms with Crippen molar-refractivity contribution in [3.05, 3.63) is 34.3 Å². The normalized spacial score (nSPS) is 15.4. The lowest BCUT2D eigenvalue weighted by Gasteiger charge is -2.30. The lowest BCUT2D eigenvalue weighted by Crippen LogP contribution is -2.50. The van der Waals surface area contributed by atoms with Crippen LogP contribution in [-0.2, 0) is 15.1 Å². The number of ether oxygens (including phenoxy) is 1. The second-order valence-corrected chi connectivity index (χ2v) is 4.11. The first-order valence-electron chi connectivity index (χ1n) is 4.37. The molecule has 0 aromatic heterocycles. The number of carboxylic acids is 1.